The molecule has 0 aliphatic heterocycles. The summed E-state index contributed by atoms with van der Waals surface area (Å²) in [5.74, 6) is -105. The average Bonchev–Trinajstić information content (AvgIpc) is 2.92. The molecule has 1 amide bonds. The molecule has 316 valence electrons. The van der Waals surface area contributed by atoms with Gasteiger partial charge >= 0.3 is 77.3 Å². The van der Waals surface area contributed by atoms with Crippen LogP contribution in [0.3, 0.4) is 0 Å². The molecule has 30 heteroatoms. The van der Waals surface area contributed by atoms with Crippen molar-refractivity contribution in [2.24, 2.45) is 0 Å². The number of halogens is 25. The molecule has 0 atom stereocenters. The highest BCUT2D eigenvalue weighted by Gasteiger charge is 2.99. The molecule has 0 unspecified atom stereocenters. The number of nitrogens with zero attached hydrogens (tertiary/aromatic N) is 1. The van der Waals surface area contributed by atoms with Gasteiger partial charge in [-0.1, -0.05) is 0 Å². The van der Waals surface area contributed by atoms with Gasteiger partial charge in [0.25, 0.3) is 5.91 Å². The van der Waals surface area contributed by atoms with Crippen LogP contribution in [0.2, 0.25) is 0 Å². The van der Waals surface area contributed by atoms with Crippen LogP contribution < -0.4 is 5.32 Å². The number of amides is 1. The molecule has 0 aliphatic carbocycles. The Labute approximate surface area is 278 Å². The first-order valence-electron chi connectivity index (χ1n) is 13.2. The SMILES string of the molecule is CC(C)OC(=O)C[N+](C)(C)CCCNC(=O)C(F)(F)C(F)(F)C(F)(F)C(F)(F)C(F)(F)C(F)(F)C(F)(F)C(F)(F)C(F)(F)C(F)(F)C(F)(F)C(F)(F)F. The maximum atomic E-state index is 14.1. The third-order valence-electron chi connectivity index (χ3n) is 6.73. The van der Waals surface area contributed by atoms with Gasteiger partial charge in [0.1, 0.15) is 0 Å². The highest BCUT2D eigenvalue weighted by molar-refractivity contribution is 5.84. The fourth-order valence-electron chi connectivity index (χ4n) is 3.64. The number of nitrogens with one attached hydrogen (secondary N) is 1. The molecule has 0 spiro atoms. The van der Waals surface area contributed by atoms with Crippen LogP contribution in [-0.4, -0.2) is 128 Å². The maximum absolute atomic E-state index is 14.1. The Kier molecular flexibility index (Phi) is 13.3. The van der Waals surface area contributed by atoms with Crippen LogP contribution in [0.5, 0.6) is 0 Å². The minimum absolute atomic E-state index is 0.442. The molecule has 0 aromatic rings. The average molecular weight is 849 g/mol. The third kappa shape index (κ3) is 7.70. The van der Waals surface area contributed by atoms with Crippen molar-refractivity contribution in [3.8, 4) is 0 Å². The Balaban J connectivity index is 6.73. The van der Waals surface area contributed by atoms with Crippen molar-refractivity contribution in [3.63, 3.8) is 0 Å². The molecule has 0 saturated heterocycles. The van der Waals surface area contributed by atoms with Gasteiger partial charge in [0.15, 0.2) is 6.54 Å². The van der Waals surface area contributed by atoms with Gasteiger partial charge in [0.2, 0.25) is 0 Å². The van der Waals surface area contributed by atoms with Gasteiger partial charge in [-0.05, 0) is 13.8 Å². The molecule has 0 bridgehead atoms. The van der Waals surface area contributed by atoms with Gasteiger partial charge < -0.3 is 14.5 Å². The van der Waals surface area contributed by atoms with Crippen LogP contribution >= 0.6 is 0 Å². The number of quaternary nitrogens is 1. The highest BCUT2D eigenvalue weighted by atomic mass is 19.4. The fourth-order valence-corrected chi connectivity index (χ4v) is 3.64. The summed E-state index contributed by atoms with van der Waals surface area (Å²) in [5.41, 5.74) is 0. The van der Waals surface area contributed by atoms with Crippen molar-refractivity contribution in [3.05, 3.63) is 0 Å². The van der Waals surface area contributed by atoms with Crippen molar-refractivity contribution in [1.82, 2.24) is 5.32 Å². The minimum atomic E-state index is -9.69. The lowest BCUT2D eigenvalue weighted by Crippen LogP contribution is -2.78. The minimum Gasteiger partial charge on any atom is -0.459 e. The van der Waals surface area contributed by atoms with E-state index >= 15 is 0 Å². The van der Waals surface area contributed by atoms with E-state index in [1.54, 1.807) is 0 Å². The molecule has 0 aromatic heterocycles. The van der Waals surface area contributed by atoms with Crippen LogP contribution in [0, 0.1) is 0 Å². The van der Waals surface area contributed by atoms with Crippen LogP contribution in [0.1, 0.15) is 20.3 Å². The predicted molar refractivity (Wildman–Crippen MR) is 121 cm³/mol. The quantitative estimate of drug-likeness (QED) is 0.0658. The maximum Gasteiger partial charge on any atom is 0.460 e. The second-order valence-electron chi connectivity index (χ2n) is 11.8. The molecule has 0 radical (unpaired) electrons. The summed E-state index contributed by atoms with van der Waals surface area (Å²) in [6.45, 7) is 0.446. The zero-order chi connectivity index (χ0) is 43.5. The van der Waals surface area contributed by atoms with Gasteiger partial charge in [-0.15, -0.1) is 0 Å². The molecule has 5 nitrogen and oxygen atoms in total. The van der Waals surface area contributed by atoms with Crippen LogP contribution in [0.15, 0.2) is 0 Å². The highest BCUT2D eigenvalue weighted by Crippen LogP contribution is 2.67. The van der Waals surface area contributed by atoms with Crippen molar-refractivity contribution >= 4 is 11.9 Å². The summed E-state index contributed by atoms with van der Waals surface area (Å²) in [6.07, 6.45) is -9.60. The number of rotatable bonds is 18. The van der Waals surface area contributed by atoms with Crippen LogP contribution in [-0.2, 0) is 14.3 Å². The van der Waals surface area contributed by atoms with Crippen molar-refractivity contribution in [2.45, 2.75) is 97.7 Å². The van der Waals surface area contributed by atoms with E-state index in [2.05, 4.69) is 0 Å². The van der Waals surface area contributed by atoms with Gasteiger partial charge in [0.05, 0.1) is 26.7 Å². The summed E-state index contributed by atoms with van der Waals surface area (Å²) in [6, 6.07) is 0. The number of alkyl halides is 25. The monoisotopic (exact) mass is 849 g/mol. The number of carbonyl (C=O) groups is 2. The summed E-state index contributed by atoms with van der Waals surface area (Å²) in [5, 5.41) is 0.653. The van der Waals surface area contributed by atoms with E-state index in [0.717, 1.165) is 0 Å². The molecule has 0 heterocycles. The van der Waals surface area contributed by atoms with Gasteiger partial charge in [-0.3, -0.25) is 4.79 Å². The summed E-state index contributed by atoms with van der Waals surface area (Å²) in [4.78, 5) is 23.2. The third-order valence-corrected chi connectivity index (χ3v) is 6.73. The van der Waals surface area contributed by atoms with Gasteiger partial charge in [0, 0.05) is 13.0 Å². The molecular weight excluding hydrogens is 827 g/mol. The lowest BCUT2D eigenvalue weighted by molar-refractivity contribution is -0.883. The Hall–Kier alpha value is -2.85. The Morgan fingerprint density at radius 1 is 0.509 bits per heavy atom. The molecule has 0 rings (SSSR count). The number of hydrogen-bond donors (Lipinski definition) is 1. The number of esters is 1. The van der Waals surface area contributed by atoms with Gasteiger partial charge in [-0.25, -0.2) is 4.79 Å². The van der Waals surface area contributed by atoms with Crippen LogP contribution in [0.25, 0.3) is 0 Å². The summed E-state index contributed by atoms with van der Waals surface area (Å²) in [7, 11) is 2.41. The number of hydrogen-bond acceptors (Lipinski definition) is 3. The topological polar surface area (TPSA) is 55.4 Å². The largest absolute Gasteiger partial charge is 0.460 e. The number of likely N-dealkylation sites (N-methyl/N-ethyl adjacent to an activating group) is 1. The molecule has 0 aromatic carbocycles. The van der Waals surface area contributed by atoms with E-state index in [4.69, 9.17) is 4.74 Å². The van der Waals surface area contributed by atoms with E-state index in [1.165, 1.54) is 27.9 Å². The van der Waals surface area contributed by atoms with Crippen molar-refractivity contribution < 1.29 is 129 Å². The Morgan fingerprint density at radius 2 is 0.792 bits per heavy atom. The summed E-state index contributed by atoms with van der Waals surface area (Å²) < 4.78 is 343. The first kappa shape index (κ1) is 50.1. The smallest absolute Gasteiger partial charge is 0.459 e. The van der Waals surface area contributed by atoms with Crippen molar-refractivity contribution in [2.75, 3.05) is 33.7 Å². The standard InChI is InChI=1S/C23H21F25N2O3/c1-9(2)53-10(51)8-50(3,4)7-5-6-49-11(52)12(24,25)13(26,27)14(28,29)15(30,31)16(32,33)17(34,35)18(36,37)19(38,39)20(40,41)21(42,43)22(44,45)23(46,47)48/h9H,5-8H2,1-4H3/p+1. The zero-order valence-corrected chi connectivity index (χ0v) is 26.0. The molecule has 1 N–H and O–H groups in total. The molecule has 0 fully saturated rings. The van der Waals surface area contributed by atoms with E-state index in [9.17, 15) is 119 Å². The van der Waals surface area contributed by atoms with E-state index in [0.29, 0.717) is 5.32 Å². The van der Waals surface area contributed by atoms with E-state index in [1.807, 2.05) is 0 Å². The second-order valence-corrected chi connectivity index (χ2v) is 11.8. The fraction of sp³-hybridized carbons (Fsp3) is 0.913. The first-order chi connectivity index (χ1) is 22.7. The number of carbonyl (C=O) groups excluding carboxylic acids is 2. The van der Waals surface area contributed by atoms with E-state index in [-0.39, 0.29) is 0 Å². The second kappa shape index (κ2) is 14.0. The Bertz CT molecular complexity index is 1320. The summed E-state index contributed by atoms with van der Waals surface area (Å²) >= 11 is 0. The normalized spacial score (nSPS) is 15.9. The van der Waals surface area contributed by atoms with Crippen molar-refractivity contribution in [1.29, 1.82) is 0 Å². The van der Waals surface area contributed by atoms with E-state index < -0.39 is 120 Å². The first-order valence-corrected chi connectivity index (χ1v) is 13.2. The zero-order valence-electron chi connectivity index (χ0n) is 26.0. The lowest BCUT2D eigenvalue weighted by Gasteiger charge is -2.45. The molecular formula is C23H22F25N2O3+. The molecule has 0 saturated carbocycles. The predicted octanol–water partition coefficient (Wildman–Crippen LogP) is 8.07. The van der Waals surface area contributed by atoms with Gasteiger partial charge in [-0.2, -0.15) is 110 Å². The molecule has 53 heavy (non-hydrogen) atoms. The Morgan fingerprint density at radius 3 is 1.08 bits per heavy atom. The molecule has 0 aliphatic rings. The number of ether oxygens (including phenoxy) is 1. The van der Waals surface area contributed by atoms with Crippen LogP contribution in [0.4, 0.5) is 110 Å². The lowest BCUT2D eigenvalue weighted by atomic mass is 9.84.